The van der Waals surface area contributed by atoms with Crippen LogP contribution in [-0.4, -0.2) is 23.0 Å². The van der Waals surface area contributed by atoms with E-state index >= 15 is 0 Å². The highest BCUT2D eigenvalue weighted by Gasteiger charge is 2.13. The molecule has 1 fully saturated rings. The molecule has 0 spiro atoms. The fraction of sp³-hybridized carbons (Fsp3) is 0.522. The number of amides is 1. The van der Waals surface area contributed by atoms with Crippen molar-refractivity contribution in [3.63, 3.8) is 0 Å². The highest BCUT2D eigenvalue weighted by atomic mass is 16.4. The largest absolute Gasteiger partial charge is 0.478 e. The monoisotopic (exact) mass is 397 g/mol. The van der Waals surface area contributed by atoms with Crippen LogP contribution >= 0.6 is 0 Å². The fourth-order valence-electron chi connectivity index (χ4n) is 3.57. The maximum Gasteiger partial charge on any atom is 0.335 e. The second kappa shape index (κ2) is 12.6. The molecule has 156 valence electrons. The van der Waals surface area contributed by atoms with Gasteiger partial charge in [-0.2, -0.15) is 5.26 Å². The van der Waals surface area contributed by atoms with Gasteiger partial charge in [-0.3, -0.25) is 4.79 Å². The lowest BCUT2D eigenvalue weighted by molar-refractivity contribution is -0.112. The number of benzene rings is 1. The van der Waals surface area contributed by atoms with Gasteiger partial charge < -0.3 is 15.7 Å². The summed E-state index contributed by atoms with van der Waals surface area (Å²) in [6.45, 7) is 0. The molecule has 0 unspecified atom stereocenters. The molecule has 1 aromatic rings. The van der Waals surface area contributed by atoms with Crippen molar-refractivity contribution in [3.8, 4) is 6.07 Å². The molecule has 3 N–H and O–H groups in total. The molecule has 6 heteroatoms. The molecule has 0 radical (unpaired) electrons. The van der Waals surface area contributed by atoms with E-state index in [-0.39, 0.29) is 17.2 Å². The molecule has 0 aromatic heterocycles. The molecular weight excluding hydrogens is 366 g/mol. The Labute approximate surface area is 173 Å². The van der Waals surface area contributed by atoms with Crippen molar-refractivity contribution in [1.29, 1.82) is 5.26 Å². The van der Waals surface area contributed by atoms with E-state index in [0.717, 1.165) is 25.7 Å². The van der Waals surface area contributed by atoms with Crippen LogP contribution in [0.1, 0.15) is 81.0 Å². The second-order valence-corrected chi connectivity index (χ2v) is 7.63. The van der Waals surface area contributed by atoms with E-state index in [1.165, 1.54) is 75.4 Å². The summed E-state index contributed by atoms with van der Waals surface area (Å²) in [7, 11) is 0. The van der Waals surface area contributed by atoms with Gasteiger partial charge in [0.2, 0.25) is 0 Å². The SMILES string of the molecule is N#C/C(=C/NC1CCCCCCCCCCC1)C(=O)Nc1ccc(C(=O)O)cc1. The fourth-order valence-corrected chi connectivity index (χ4v) is 3.57. The highest BCUT2D eigenvalue weighted by molar-refractivity contribution is 6.06. The topological polar surface area (TPSA) is 102 Å². The highest BCUT2D eigenvalue weighted by Crippen LogP contribution is 2.17. The molecule has 0 aliphatic heterocycles. The number of nitrogens with zero attached hydrogens (tertiary/aromatic N) is 1. The Hall–Kier alpha value is -2.81. The van der Waals surface area contributed by atoms with E-state index in [2.05, 4.69) is 10.6 Å². The number of nitrogens with one attached hydrogen (secondary N) is 2. The van der Waals surface area contributed by atoms with Gasteiger partial charge >= 0.3 is 5.97 Å². The predicted octanol–water partition coefficient (Wildman–Crippen LogP) is 4.99. The molecular formula is C23H31N3O3. The van der Waals surface area contributed by atoms with Crippen LogP contribution in [0, 0.1) is 11.3 Å². The van der Waals surface area contributed by atoms with Gasteiger partial charge in [-0.05, 0) is 37.1 Å². The average molecular weight is 398 g/mol. The van der Waals surface area contributed by atoms with Crippen molar-refractivity contribution < 1.29 is 14.7 Å². The first-order valence-corrected chi connectivity index (χ1v) is 10.6. The first kappa shape index (κ1) is 22.5. The molecule has 1 aliphatic rings. The van der Waals surface area contributed by atoms with Crippen LogP contribution in [0.5, 0.6) is 0 Å². The lowest BCUT2D eigenvalue weighted by atomic mass is 9.98. The van der Waals surface area contributed by atoms with E-state index in [9.17, 15) is 14.9 Å². The van der Waals surface area contributed by atoms with Crippen molar-refractivity contribution in [1.82, 2.24) is 5.32 Å². The van der Waals surface area contributed by atoms with E-state index in [0.29, 0.717) is 5.69 Å². The molecule has 0 atom stereocenters. The molecule has 2 rings (SSSR count). The number of anilines is 1. The van der Waals surface area contributed by atoms with Crippen molar-refractivity contribution >= 4 is 17.6 Å². The Morgan fingerprint density at radius 2 is 1.45 bits per heavy atom. The van der Waals surface area contributed by atoms with Gasteiger partial charge in [0.25, 0.3) is 5.91 Å². The average Bonchev–Trinajstić information content (AvgIpc) is 2.70. The second-order valence-electron chi connectivity index (χ2n) is 7.63. The number of carboxylic acid groups (broad SMARTS) is 1. The predicted molar refractivity (Wildman–Crippen MR) is 113 cm³/mol. The summed E-state index contributed by atoms with van der Waals surface area (Å²) >= 11 is 0. The minimum Gasteiger partial charge on any atom is -0.478 e. The van der Waals surface area contributed by atoms with Crippen molar-refractivity contribution in [3.05, 3.63) is 41.6 Å². The Kier molecular flexibility index (Phi) is 9.77. The van der Waals surface area contributed by atoms with Crippen LogP contribution in [0.2, 0.25) is 0 Å². The molecule has 0 heterocycles. The summed E-state index contributed by atoms with van der Waals surface area (Å²) in [6.07, 6.45) is 15.0. The number of carbonyl (C=O) groups is 2. The maximum absolute atomic E-state index is 12.4. The number of aromatic carboxylic acids is 1. The van der Waals surface area contributed by atoms with Gasteiger partial charge in [0.15, 0.2) is 0 Å². The lowest BCUT2D eigenvalue weighted by Gasteiger charge is -2.18. The van der Waals surface area contributed by atoms with Crippen LogP contribution < -0.4 is 10.6 Å². The first-order valence-electron chi connectivity index (χ1n) is 10.6. The molecule has 1 aromatic carbocycles. The zero-order valence-corrected chi connectivity index (χ0v) is 17.0. The molecule has 29 heavy (non-hydrogen) atoms. The Morgan fingerprint density at radius 3 is 1.93 bits per heavy atom. The van der Waals surface area contributed by atoms with Crippen LogP contribution in [0.25, 0.3) is 0 Å². The molecule has 1 aliphatic carbocycles. The zero-order valence-electron chi connectivity index (χ0n) is 17.0. The number of hydrogen-bond donors (Lipinski definition) is 3. The summed E-state index contributed by atoms with van der Waals surface area (Å²) in [6, 6.07) is 8.08. The van der Waals surface area contributed by atoms with E-state index < -0.39 is 11.9 Å². The van der Waals surface area contributed by atoms with Crippen molar-refractivity contribution in [2.45, 2.75) is 76.7 Å². The normalized spacial score (nSPS) is 17.3. The number of rotatable bonds is 5. The minimum atomic E-state index is -1.03. The van der Waals surface area contributed by atoms with Crippen LogP contribution in [-0.2, 0) is 4.79 Å². The molecule has 6 nitrogen and oxygen atoms in total. The molecule has 1 amide bonds. The first-order chi connectivity index (χ1) is 14.1. The summed E-state index contributed by atoms with van der Waals surface area (Å²) in [5.74, 6) is -1.53. The minimum absolute atomic E-state index is 0.0124. The van der Waals surface area contributed by atoms with Gasteiger partial charge in [0, 0.05) is 17.9 Å². The van der Waals surface area contributed by atoms with Crippen molar-refractivity contribution in [2.24, 2.45) is 0 Å². The third-order valence-electron chi connectivity index (χ3n) is 5.32. The molecule has 0 bridgehead atoms. The zero-order chi connectivity index (χ0) is 20.9. The third kappa shape index (κ3) is 8.39. The number of carbonyl (C=O) groups excluding carboxylic acids is 1. The smallest absolute Gasteiger partial charge is 0.335 e. The number of carboxylic acids is 1. The van der Waals surface area contributed by atoms with Gasteiger partial charge in [-0.15, -0.1) is 0 Å². The Bertz CT molecular complexity index is 723. The van der Waals surface area contributed by atoms with Gasteiger partial charge in [0.1, 0.15) is 11.6 Å². The Balaban J connectivity index is 1.92. The summed E-state index contributed by atoms with van der Waals surface area (Å²) in [5.41, 5.74) is 0.605. The quantitative estimate of drug-likeness (QED) is 0.480. The van der Waals surface area contributed by atoms with Crippen LogP contribution in [0.15, 0.2) is 36.0 Å². The summed E-state index contributed by atoms with van der Waals surface area (Å²) in [4.78, 5) is 23.3. The van der Waals surface area contributed by atoms with Crippen LogP contribution in [0.3, 0.4) is 0 Å². The van der Waals surface area contributed by atoms with E-state index in [1.54, 1.807) is 0 Å². The summed E-state index contributed by atoms with van der Waals surface area (Å²) < 4.78 is 0. The van der Waals surface area contributed by atoms with Gasteiger partial charge in [-0.1, -0.05) is 57.8 Å². The Morgan fingerprint density at radius 1 is 0.931 bits per heavy atom. The van der Waals surface area contributed by atoms with E-state index in [4.69, 9.17) is 5.11 Å². The maximum atomic E-state index is 12.4. The number of nitriles is 1. The van der Waals surface area contributed by atoms with Gasteiger partial charge in [-0.25, -0.2) is 4.79 Å². The van der Waals surface area contributed by atoms with E-state index in [1.807, 2.05) is 6.07 Å². The van der Waals surface area contributed by atoms with Crippen molar-refractivity contribution in [2.75, 3.05) is 5.32 Å². The number of hydrogen-bond acceptors (Lipinski definition) is 4. The lowest BCUT2D eigenvalue weighted by Crippen LogP contribution is -2.26. The third-order valence-corrected chi connectivity index (χ3v) is 5.32. The molecule has 0 saturated heterocycles. The van der Waals surface area contributed by atoms with Gasteiger partial charge in [0.05, 0.1) is 5.56 Å². The van der Waals surface area contributed by atoms with Crippen LogP contribution in [0.4, 0.5) is 5.69 Å². The standard InChI is InChI=1S/C23H31N3O3/c24-16-19(22(27)26-21-14-12-18(13-15-21)23(28)29)17-25-20-10-8-6-4-2-1-3-5-7-9-11-20/h12-15,17,20,25H,1-11H2,(H,26,27)(H,28,29)/b19-17-. The summed E-state index contributed by atoms with van der Waals surface area (Å²) in [5, 5.41) is 24.2. The molecule has 1 saturated carbocycles.